The lowest BCUT2D eigenvalue weighted by Crippen LogP contribution is -2.44. The average molecular weight is 293 g/mol. The summed E-state index contributed by atoms with van der Waals surface area (Å²) in [6, 6.07) is 19.5. The van der Waals surface area contributed by atoms with E-state index in [1.165, 1.54) is 43.5 Å². The summed E-state index contributed by atoms with van der Waals surface area (Å²) in [7, 11) is 0. The summed E-state index contributed by atoms with van der Waals surface area (Å²) >= 11 is 0. The number of hydrogen-bond acceptors (Lipinski definition) is 2. The predicted molar refractivity (Wildman–Crippen MR) is 89.2 cm³/mol. The van der Waals surface area contributed by atoms with Gasteiger partial charge < -0.3 is 4.74 Å². The van der Waals surface area contributed by atoms with E-state index in [1.54, 1.807) is 0 Å². The number of nitrogens with zero attached hydrogens (tertiary/aromatic N) is 1. The van der Waals surface area contributed by atoms with Gasteiger partial charge in [-0.2, -0.15) is 0 Å². The maximum Gasteiger partial charge on any atom is 0.123 e. The Labute approximate surface area is 132 Å². The fourth-order valence-corrected chi connectivity index (χ4v) is 4.02. The maximum absolute atomic E-state index is 5.86. The molecular weight excluding hydrogens is 270 g/mol. The Kier molecular flexibility index (Phi) is 3.63. The minimum Gasteiger partial charge on any atom is -0.493 e. The topological polar surface area (TPSA) is 12.5 Å². The SMILES string of the molecule is c1ccc(CN2CCC3(CCOc4ccccc43)CC2)cc1. The van der Waals surface area contributed by atoms with Crippen molar-refractivity contribution in [1.29, 1.82) is 0 Å². The molecule has 0 aliphatic carbocycles. The van der Waals surface area contributed by atoms with Crippen molar-refractivity contribution >= 4 is 0 Å². The van der Waals surface area contributed by atoms with Gasteiger partial charge in [0.05, 0.1) is 6.61 Å². The fraction of sp³-hybridized carbons (Fsp3) is 0.400. The summed E-state index contributed by atoms with van der Waals surface area (Å²) in [4.78, 5) is 2.60. The molecule has 1 spiro atoms. The molecule has 0 aromatic heterocycles. The normalized spacial score (nSPS) is 20.4. The van der Waals surface area contributed by atoms with Crippen molar-refractivity contribution < 1.29 is 4.74 Å². The fourth-order valence-electron chi connectivity index (χ4n) is 4.02. The molecule has 1 fully saturated rings. The van der Waals surface area contributed by atoms with E-state index in [4.69, 9.17) is 4.74 Å². The Balaban J connectivity index is 1.48. The zero-order chi connectivity index (χ0) is 14.8. The van der Waals surface area contributed by atoms with E-state index in [2.05, 4.69) is 59.5 Å². The molecule has 2 aliphatic heterocycles. The first-order valence-electron chi connectivity index (χ1n) is 8.34. The van der Waals surface area contributed by atoms with Crippen LogP contribution >= 0.6 is 0 Å². The van der Waals surface area contributed by atoms with Gasteiger partial charge in [-0.25, -0.2) is 0 Å². The van der Waals surface area contributed by atoms with Crippen molar-refractivity contribution in [3.8, 4) is 5.75 Å². The molecule has 2 heteroatoms. The van der Waals surface area contributed by atoms with Crippen LogP contribution in [0.15, 0.2) is 54.6 Å². The van der Waals surface area contributed by atoms with E-state index in [0.29, 0.717) is 5.41 Å². The number of ether oxygens (including phenoxy) is 1. The number of benzene rings is 2. The van der Waals surface area contributed by atoms with Crippen molar-refractivity contribution in [2.24, 2.45) is 0 Å². The highest BCUT2D eigenvalue weighted by Crippen LogP contribution is 2.45. The summed E-state index contributed by atoms with van der Waals surface area (Å²) < 4.78 is 5.86. The quantitative estimate of drug-likeness (QED) is 0.829. The zero-order valence-electron chi connectivity index (χ0n) is 13.0. The highest BCUT2D eigenvalue weighted by molar-refractivity contribution is 5.41. The van der Waals surface area contributed by atoms with E-state index in [1.807, 2.05) is 0 Å². The van der Waals surface area contributed by atoms with Crippen LogP contribution in [0.1, 0.15) is 30.4 Å². The van der Waals surface area contributed by atoms with Gasteiger partial charge >= 0.3 is 0 Å². The molecule has 0 atom stereocenters. The van der Waals surface area contributed by atoms with Gasteiger partial charge in [0.25, 0.3) is 0 Å². The first kappa shape index (κ1) is 13.8. The standard InChI is InChI=1S/C20H23NO/c1-2-6-17(7-3-1)16-21-13-10-20(11-14-21)12-15-22-19-9-5-4-8-18(19)20/h1-9H,10-16H2. The second kappa shape index (κ2) is 5.77. The lowest BCUT2D eigenvalue weighted by Gasteiger charge is -2.45. The molecule has 1 saturated heterocycles. The molecule has 0 bridgehead atoms. The third kappa shape index (κ3) is 2.52. The number of hydrogen-bond donors (Lipinski definition) is 0. The van der Waals surface area contributed by atoms with Gasteiger partial charge in [-0.15, -0.1) is 0 Å². The van der Waals surface area contributed by atoms with Crippen LogP contribution in [0, 0.1) is 0 Å². The lowest BCUT2D eigenvalue weighted by molar-refractivity contribution is 0.112. The lowest BCUT2D eigenvalue weighted by atomic mass is 9.69. The van der Waals surface area contributed by atoms with Gasteiger partial charge in [0.2, 0.25) is 0 Å². The third-order valence-corrected chi connectivity index (χ3v) is 5.36. The highest BCUT2D eigenvalue weighted by Gasteiger charge is 2.40. The minimum absolute atomic E-state index is 0.349. The second-order valence-electron chi connectivity index (χ2n) is 6.64. The molecule has 2 aromatic rings. The van der Waals surface area contributed by atoms with E-state index < -0.39 is 0 Å². The van der Waals surface area contributed by atoms with Crippen molar-refractivity contribution in [3.05, 3.63) is 65.7 Å². The third-order valence-electron chi connectivity index (χ3n) is 5.36. The van der Waals surface area contributed by atoms with Gasteiger partial charge in [0.1, 0.15) is 5.75 Å². The number of likely N-dealkylation sites (tertiary alicyclic amines) is 1. The van der Waals surface area contributed by atoms with Gasteiger partial charge in [0, 0.05) is 17.5 Å². The molecule has 2 aliphatic rings. The molecule has 0 saturated carbocycles. The van der Waals surface area contributed by atoms with Gasteiger partial charge in [-0.3, -0.25) is 4.90 Å². The van der Waals surface area contributed by atoms with Crippen molar-refractivity contribution in [2.75, 3.05) is 19.7 Å². The largest absolute Gasteiger partial charge is 0.493 e. The summed E-state index contributed by atoms with van der Waals surface area (Å²) in [5, 5.41) is 0. The van der Waals surface area contributed by atoms with Crippen LogP contribution in [0.5, 0.6) is 5.75 Å². The molecule has 2 nitrogen and oxygen atoms in total. The van der Waals surface area contributed by atoms with Crippen molar-refractivity contribution in [2.45, 2.75) is 31.2 Å². The molecule has 0 radical (unpaired) electrons. The predicted octanol–water partition coefficient (Wildman–Crippen LogP) is 4.00. The molecule has 0 unspecified atom stereocenters. The molecule has 0 amide bonds. The molecule has 2 aromatic carbocycles. The maximum atomic E-state index is 5.86. The minimum atomic E-state index is 0.349. The Morgan fingerprint density at radius 1 is 0.864 bits per heavy atom. The molecule has 2 heterocycles. The molecule has 22 heavy (non-hydrogen) atoms. The van der Waals surface area contributed by atoms with E-state index in [0.717, 1.165) is 18.9 Å². The Hall–Kier alpha value is -1.80. The number of fused-ring (bicyclic) bond motifs is 2. The number of rotatable bonds is 2. The smallest absolute Gasteiger partial charge is 0.123 e. The Morgan fingerprint density at radius 2 is 1.59 bits per heavy atom. The van der Waals surface area contributed by atoms with E-state index in [9.17, 15) is 0 Å². The summed E-state index contributed by atoms with van der Waals surface area (Å²) in [5.41, 5.74) is 3.22. The molecular formula is C20H23NO. The monoisotopic (exact) mass is 293 g/mol. The second-order valence-corrected chi connectivity index (χ2v) is 6.64. The first-order valence-corrected chi connectivity index (χ1v) is 8.34. The van der Waals surface area contributed by atoms with Crippen LogP contribution < -0.4 is 4.74 Å². The Morgan fingerprint density at radius 3 is 2.41 bits per heavy atom. The summed E-state index contributed by atoms with van der Waals surface area (Å²) in [5.74, 6) is 1.12. The number of para-hydroxylation sites is 1. The summed E-state index contributed by atoms with van der Waals surface area (Å²) in [6.45, 7) is 4.32. The molecule has 0 N–H and O–H groups in total. The zero-order valence-corrected chi connectivity index (χ0v) is 13.0. The van der Waals surface area contributed by atoms with Gasteiger partial charge in [0.15, 0.2) is 0 Å². The van der Waals surface area contributed by atoms with Crippen LogP contribution in [-0.2, 0) is 12.0 Å². The van der Waals surface area contributed by atoms with Crippen LogP contribution in [0.2, 0.25) is 0 Å². The first-order chi connectivity index (χ1) is 10.9. The highest BCUT2D eigenvalue weighted by atomic mass is 16.5. The molecule has 114 valence electrons. The van der Waals surface area contributed by atoms with E-state index >= 15 is 0 Å². The van der Waals surface area contributed by atoms with Crippen LogP contribution in [-0.4, -0.2) is 24.6 Å². The van der Waals surface area contributed by atoms with Crippen molar-refractivity contribution in [3.63, 3.8) is 0 Å². The summed E-state index contributed by atoms with van der Waals surface area (Å²) in [6.07, 6.45) is 3.67. The van der Waals surface area contributed by atoms with Gasteiger partial charge in [-0.05, 0) is 44.0 Å². The van der Waals surface area contributed by atoms with Crippen LogP contribution in [0.25, 0.3) is 0 Å². The number of piperidine rings is 1. The molecule has 4 rings (SSSR count). The van der Waals surface area contributed by atoms with Crippen LogP contribution in [0.4, 0.5) is 0 Å². The van der Waals surface area contributed by atoms with E-state index in [-0.39, 0.29) is 0 Å². The van der Waals surface area contributed by atoms with Gasteiger partial charge in [-0.1, -0.05) is 48.5 Å². The average Bonchev–Trinajstić information content (AvgIpc) is 2.59. The van der Waals surface area contributed by atoms with Crippen LogP contribution in [0.3, 0.4) is 0 Å². The Bertz CT molecular complexity index is 629. The van der Waals surface area contributed by atoms with Crippen molar-refractivity contribution in [1.82, 2.24) is 4.90 Å².